The van der Waals surface area contributed by atoms with Crippen molar-refractivity contribution in [1.82, 2.24) is 14.8 Å². The van der Waals surface area contributed by atoms with Crippen molar-refractivity contribution in [2.45, 2.75) is 4.90 Å². The highest BCUT2D eigenvalue weighted by Gasteiger charge is 2.21. The summed E-state index contributed by atoms with van der Waals surface area (Å²) in [6, 6.07) is 14.8. The number of hydrogen-bond donors (Lipinski definition) is 2. The molecule has 0 saturated carbocycles. The first-order chi connectivity index (χ1) is 13.5. The predicted octanol–water partition coefficient (Wildman–Crippen LogP) is 1.87. The van der Waals surface area contributed by atoms with Crippen LogP contribution >= 0.6 is 0 Å². The van der Waals surface area contributed by atoms with E-state index in [0.29, 0.717) is 36.0 Å². The van der Waals surface area contributed by atoms with E-state index in [1.807, 2.05) is 12.1 Å². The second kappa shape index (κ2) is 7.37. The van der Waals surface area contributed by atoms with E-state index in [-0.39, 0.29) is 4.90 Å². The van der Waals surface area contributed by atoms with Crippen LogP contribution in [0, 0.1) is 0 Å². The molecule has 0 radical (unpaired) electrons. The van der Waals surface area contributed by atoms with Crippen molar-refractivity contribution < 1.29 is 22.7 Å². The molecule has 0 fully saturated rings. The molecular weight excluding hydrogens is 382 g/mol. The van der Waals surface area contributed by atoms with Gasteiger partial charge in [0.05, 0.1) is 16.1 Å². The standard InChI is InChI=1S/C19H17N3O5S/c23-19(15-5-1-2-6-16(15)22-9-3-4-10-22)20-21-28(24,25)14-7-8-17-18(13-14)27-12-11-26-17/h1-10,13,21H,11-12H2,(H,20,23). The summed E-state index contributed by atoms with van der Waals surface area (Å²) in [5.74, 6) is 0.249. The first-order valence-corrected chi connectivity index (χ1v) is 9.97. The number of hydrogen-bond acceptors (Lipinski definition) is 5. The Morgan fingerprint density at radius 1 is 0.929 bits per heavy atom. The Labute approximate surface area is 161 Å². The third-order valence-electron chi connectivity index (χ3n) is 4.15. The van der Waals surface area contributed by atoms with E-state index in [2.05, 4.69) is 10.3 Å². The van der Waals surface area contributed by atoms with Crippen LogP contribution in [-0.2, 0) is 10.0 Å². The van der Waals surface area contributed by atoms with E-state index < -0.39 is 15.9 Å². The van der Waals surface area contributed by atoms with Crippen molar-refractivity contribution >= 4 is 15.9 Å². The van der Waals surface area contributed by atoms with Crippen LogP contribution in [-0.4, -0.2) is 32.1 Å². The summed E-state index contributed by atoms with van der Waals surface area (Å²) in [4.78, 5) is 14.6. The molecule has 0 spiro atoms. The molecule has 1 aliphatic heterocycles. The van der Waals surface area contributed by atoms with E-state index >= 15 is 0 Å². The van der Waals surface area contributed by atoms with Gasteiger partial charge in [0.15, 0.2) is 11.5 Å². The van der Waals surface area contributed by atoms with Gasteiger partial charge in [-0.15, -0.1) is 4.83 Å². The lowest BCUT2D eigenvalue weighted by atomic mass is 10.1. The molecule has 0 bridgehead atoms. The maximum atomic E-state index is 12.6. The van der Waals surface area contributed by atoms with Crippen LogP contribution in [0.4, 0.5) is 0 Å². The summed E-state index contributed by atoms with van der Waals surface area (Å²) in [5.41, 5.74) is 3.21. The molecule has 8 nitrogen and oxygen atoms in total. The topological polar surface area (TPSA) is 98.7 Å². The van der Waals surface area contributed by atoms with E-state index in [4.69, 9.17) is 9.47 Å². The largest absolute Gasteiger partial charge is 0.486 e. The second-order valence-corrected chi connectivity index (χ2v) is 7.65. The molecule has 0 saturated heterocycles. The summed E-state index contributed by atoms with van der Waals surface area (Å²) in [6.45, 7) is 0.755. The highest BCUT2D eigenvalue weighted by atomic mass is 32.2. The molecule has 2 aromatic carbocycles. The first kappa shape index (κ1) is 18.1. The van der Waals surface area contributed by atoms with Crippen molar-refractivity contribution in [3.05, 3.63) is 72.6 Å². The minimum atomic E-state index is -3.99. The fraction of sp³-hybridized carbons (Fsp3) is 0.105. The minimum Gasteiger partial charge on any atom is -0.486 e. The molecule has 2 N–H and O–H groups in total. The number of ether oxygens (including phenoxy) is 2. The van der Waals surface area contributed by atoms with Crippen molar-refractivity contribution in [2.75, 3.05) is 13.2 Å². The third kappa shape index (κ3) is 3.57. The lowest BCUT2D eigenvalue weighted by molar-refractivity contribution is 0.0945. The predicted molar refractivity (Wildman–Crippen MR) is 101 cm³/mol. The Bertz CT molecular complexity index is 1110. The molecule has 9 heteroatoms. The summed E-state index contributed by atoms with van der Waals surface area (Å²) in [7, 11) is -3.99. The molecule has 144 valence electrons. The fourth-order valence-electron chi connectivity index (χ4n) is 2.82. The quantitative estimate of drug-likeness (QED) is 0.638. The number of aromatic nitrogens is 1. The number of hydrazine groups is 1. The van der Waals surface area contributed by atoms with Gasteiger partial charge in [-0.3, -0.25) is 10.2 Å². The third-order valence-corrected chi connectivity index (χ3v) is 5.40. The number of nitrogens with one attached hydrogen (secondary N) is 2. The molecule has 2 heterocycles. The molecule has 3 aromatic rings. The zero-order valence-corrected chi connectivity index (χ0v) is 15.5. The van der Waals surface area contributed by atoms with Gasteiger partial charge in [-0.2, -0.15) is 0 Å². The highest BCUT2D eigenvalue weighted by molar-refractivity contribution is 7.89. The van der Waals surface area contributed by atoms with E-state index in [9.17, 15) is 13.2 Å². The number of carbonyl (C=O) groups is 1. The highest BCUT2D eigenvalue weighted by Crippen LogP contribution is 2.32. The van der Waals surface area contributed by atoms with Gasteiger partial charge in [0.25, 0.3) is 15.9 Å². The maximum Gasteiger partial charge on any atom is 0.268 e. The maximum absolute atomic E-state index is 12.6. The fourth-order valence-corrected chi connectivity index (χ4v) is 3.67. The first-order valence-electron chi connectivity index (χ1n) is 8.49. The normalized spacial score (nSPS) is 13.1. The van der Waals surface area contributed by atoms with Gasteiger partial charge in [0, 0.05) is 18.5 Å². The van der Waals surface area contributed by atoms with Crippen molar-refractivity contribution in [2.24, 2.45) is 0 Å². The molecule has 4 rings (SSSR count). The number of fused-ring (bicyclic) bond motifs is 1. The van der Waals surface area contributed by atoms with Crippen molar-refractivity contribution in [1.29, 1.82) is 0 Å². The number of para-hydroxylation sites is 1. The Kier molecular flexibility index (Phi) is 4.76. The number of carbonyl (C=O) groups excluding carboxylic acids is 1. The van der Waals surface area contributed by atoms with E-state index in [0.717, 1.165) is 0 Å². The van der Waals surface area contributed by atoms with Gasteiger partial charge in [-0.1, -0.05) is 12.1 Å². The second-order valence-electron chi connectivity index (χ2n) is 5.97. The average Bonchev–Trinajstić information content (AvgIpc) is 3.26. The van der Waals surface area contributed by atoms with Gasteiger partial charge in [-0.25, -0.2) is 8.42 Å². The molecular formula is C19H17N3O5S. The van der Waals surface area contributed by atoms with Gasteiger partial charge < -0.3 is 14.0 Å². The minimum absolute atomic E-state index is 0.0456. The van der Waals surface area contributed by atoms with E-state index in [1.54, 1.807) is 41.2 Å². The number of sulfonamides is 1. The van der Waals surface area contributed by atoms with Gasteiger partial charge in [-0.05, 0) is 36.4 Å². The van der Waals surface area contributed by atoms with Crippen molar-refractivity contribution in [3.8, 4) is 17.2 Å². The molecule has 28 heavy (non-hydrogen) atoms. The summed E-state index contributed by atoms with van der Waals surface area (Å²) in [6.07, 6.45) is 3.59. The molecule has 1 aromatic heterocycles. The van der Waals surface area contributed by atoms with E-state index in [1.165, 1.54) is 18.2 Å². The molecule has 1 aliphatic rings. The monoisotopic (exact) mass is 399 g/mol. The number of amides is 1. The van der Waals surface area contributed by atoms with Crippen LogP contribution in [0.3, 0.4) is 0 Å². The zero-order chi connectivity index (χ0) is 19.6. The van der Waals surface area contributed by atoms with Crippen LogP contribution < -0.4 is 19.7 Å². The molecule has 0 aliphatic carbocycles. The smallest absolute Gasteiger partial charge is 0.268 e. The van der Waals surface area contributed by atoms with Crippen molar-refractivity contribution in [3.63, 3.8) is 0 Å². The average molecular weight is 399 g/mol. The van der Waals surface area contributed by atoms with Crippen LogP contribution in [0.25, 0.3) is 5.69 Å². The lowest BCUT2D eigenvalue weighted by Crippen LogP contribution is -2.41. The van der Waals surface area contributed by atoms with Crippen LogP contribution in [0.15, 0.2) is 71.9 Å². The Balaban J connectivity index is 1.52. The summed E-state index contributed by atoms with van der Waals surface area (Å²) in [5, 5.41) is 0. The Morgan fingerprint density at radius 2 is 1.64 bits per heavy atom. The van der Waals surface area contributed by atoms with Crippen LogP contribution in [0.2, 0.25) is 0 Å². The van der Waals surface area contributed by atoms with Gasteiger partial charge in [0.1, 0.15) is 13.2 Å². The SMILES string of the molecule is O=C(NNS(=O)(=O)c1ccc2c(c1)OCCO2)c1ccccc1-n1cccc1. The van der Waals surface area contributed by atoms with Gasteiger partial charge >= 0.3 is 0 Å². The molecule has 0 unspecified atom stereocenters. The number of rotatable bonds is 5. The van der Waals surface area contributed by atoms with Crippen LogP contribution in [0.5, 0.6) is 11.5 Å². The zero-order valence-electron chi connectivity index (χ0n) is 14.7. The number of benzene rings is 2. The molecule has 0 atom stereocenters. The van der Waals surface area contributed by atoms with Crippen LogP contribution in [0.1, 0.15) is 10.4 Å². The summed E-state index contributed by atoms with van der Waals surface area (Å²) < 4.78 is 37.6. The lowest BCUT2D eigenvalue weighted by Gasteiger charge is -2.19. The Hall–Kier alpha value is -3.30. The van der Waals surface area contributed by atoms with Gasteiger partial charge in [0.2, 0.25) is 0 Å². The molecule has 1 amide bonds. The Morgan fingerprint density at radius 3 is 2.43 bits per heavy atom. The number of nitrogens with zero attached hydrogens (tertiary/aromatic N) is 1. The summed E-state index contributed by atoms with van der Waals surface area (Å²) >= 11 is 0.